The van der Waals surface area contributed by atoms with Gasteiger partial charge in [-0.2, -0.15) is 0 Å². The van der Waals surface area contributed by atoms with E-state index in [9.17, 15) is 15.0 Å². The molecule has 4 nitrogen and oxygen atoms in total. The lowest BCUT2D eigenvalue weighted by molar-refractivity contribution is -0.123. The van der Waals surface area contributed by atoms with Gasteiger partial charge in [-0.1, -0.05) is 54.4 Å². The smallest absolute Gasteiger partial charge is 0.407 e. The zero-order chi connectivity index (χ0) is 26.3. The minimum absolute atomic E-state index is 0.0775. The third-order valence-corrected chi connectivity index (χ3v) is 12.9. The van der Waals surface area contributed by atoms with Crippen molar-refractivity contribution in [2.24, 2.45) is 58.2 Å². The highest BCUT2D eigenvalue weighted by molar-refractivity contribution is 5.65. The van der Waals surface area contributed by atoms with Crippen molar-refractivity contribution in [1.29, 1.82) is 0 Å². The van der Waals surface area contributed by atoms with Crippen molar-refractivity contribution in [2.45, 2.75) is 125 Å². The van der Waals surface area contributed by atoms with Crippen LogP contribution in [0.4, 0.5) is 4.79 Å². The van der Waals surface area contributed by atoms with E-state index < -0.39 is 6.09 Å². The average Bonchev–Trinajstić information content (AvgIpc) is 3.19. The molecular formula is C32H57NO3. The molecule has 4 aliphatic rings. The summed E-state index contributed by atoms with van der Waals surface area (Å²) in [7, 11) is 0. The molecule has 4 saturated carbocycles. The Balaban J connectivity index is 1.43. The van der Waals surface area contributed by atoms with Gasteiger partial charge in [-0.3, -0.25) is 0 Å². The van der Waals surface area contributed by atoms with Gasteiger partial charge < -0.3 is 15.1 Å². The predicted octanol–water partition coefficient (Wildman–Crippen LogP) is 8.08. The van der Waals surface area contributed by atoms with E-state index in [4.69, 9.17) is 0 Å². The summed E-state index contributed by atoms with van der Waals surface area (Å²) in [6.45, 7) is 15.2. The number of aliphatic hydroxyl groups is 1. The van der Waals surface area contributed by atoms with Crippen molar-refractivity contribution in [1.82, 2.24) is 4.90 Å². The first-order valence-corrected chi connectivity index (χ1v) is 15.7. The van der Waals surface area contributed by atoms with Gasteiger partial charge in [0.25, 0.3) is 0 Å². The highest BCUT2D eigenvalue weighted by Gasteiger charge is 2.60. The largest absolute Gasteiger partial charge is 0.465 e. The first-order chi connectivity index (χ1) is 17.1. The summed E-state index contributed by atoms with van der Waals surface area (Å²) in [6, 6.07) is 0.0904. The molecule has 4 rings (SSSR count). The van der Waals surface area contributed by atoms with E-state index in [-0.39, 0.29) is 19.2 Å². The third-order valence-electron chi connectivity index (χ3n) is 12.9. The topological polar surface area (TPSA) is 60.8 Å². The number of amides is 1. The average molecular weight is 504 g/mol. The quantitative estimate of drug-likeness (QED) is 0.334. The number of hydrogen-bond donors (Lipinski definition) is 2. The van der Waals surface area contributed by atoms with Crippen LogP contribution in [0, 0.1) is 58.2 Å². The second kappa shape index (κ2) is 11.1. The summed E-state index contributed by atoms with van der Waals surface area (Å²) in [6.07, 6.45) is 14.7. The van der Waals surface area contributed by atoms with Crippen molar-refractivity contribution < 1.29 is 15.0 Å². The molecule has 0 radical (unpaired) electrons. The first kappa shape index (κ1) is 28.2. The summed E-state index contributed by atoms with van der Waals surface area (Å²) >= 11 is 0. The van der Waals surface area contributed by atoms with E-state index in [2.05, 4.69) is 41.5 Å². The van der Waals surface area contributed by atoms with Crippen LogP contribution in [0.15, 0.2) is 0 Å². The first-order valence-electron chi connectivity index (χ1n) is 15.7. The molecule has 0 aromatic carbocycles. The number of hydrogen-bond acceptors (Lipinski definition) is 2. The minimum Gasteiger partial charge on any atom is -0.465 e. The Morgan fingerprint density at radius 2 is 1.64 bits per heavy atom. The molecule has 4 aliphatic carbocycles. The number of carbonyl (C=O) groups is 1. The Morgan fingerprint density at radius 1 is 0.944 bits per heavy atom. The molecular weight excluding hydrogens is 446 g/mol. The molecule has 0 aromatic rings. The number of fused-ring (bicyclic) bond motifs is 5. The maximum Gasteiger partial charge on any atom is 0.407 e. The lowest BCUT2D eigenvalue weighted by Gasteiger charge is -2.62. The van der Waals surface area contributed by atoms with Crippen LogP contribution in [-0.4, -0.2) is 40.4 Å². The second-order valence-electron chi connectivity index (χ2n) is 14.5. The van der Waals surface area contributed by atoms with Gasteiger partial charge >= 0.3 is 6.09 Å². The van der Waals surface area contributed by atoms with Crippen LogP contribution in [0.2, 0.25) is 0 Å². The summed E-state index contributed by atoms with van der Waals surface area (Å²) in [5.74, 6) is 6.68. The maximum absolute atomic E-state index is 11.9. The van der Waals surface area contributed by atoms with Crippen LogP contribution in [0.5, 0.6) is 0 Å². The lowest BCUT2D eigenvalue weighted by atomic mass is 9.44. The van der Waals surface area contributed by atoms with Crippen molar-refractivity contribution in [2.75, 3.05) is 13.2 Å². The zero-order valence-electron chi connectivity index (χ0n) is 24.3. The molecule has 208 valence electrons. The van der Waals surface area contributed by atoms with Crippen LogP contribution >= 0.6 is 0 Å². The fraction of sp³-hybridized carbons (Fsp3) is 0.969. The van der Waals surface area contributed by atoms with Crippen molar-refractivity contribution in [3.63, 3.8) is 0 Å². The molecule has 0 spiro atoms. The molecule has 4 fully saturated rings. The van der Waals surface area contributed by atoms with Gasteiger partial charge in [0, 0.05) is 12.6 Å². The third kappa shape index (κ3) is 4.98. The normalized spacial score (nSPS) is 41.8. The van der Waals surface area contributed by atoms with E-state index in [1.807, 2.05) is 0 Å². The fourth-order valence-corrected chi connectivity index (χ4v) is 10.7. The van der Waals surface area contributed by atoms with Gasteiger partial charge in [-0.05, 0) is 122 Å². The van der Waals surface area contributed by atoms with Gasteiger partial charge in [-0.25, -0.2) is 4.79 Å². The monoisotopic (exact) mass is 503 g/mol. The van der Waals surface area contributed by atoms with Crippen molar-refractivity contribution >= 4 is 6.09 Å². The summed E-state index contributed by atoms with van der Waals surface area (Å²) in [5.41, 5.74) is 0.904. The molecule has 0 bridgehead atoms. The molecule has 0 aliphatic heterocycles. The Morgan fingerprint density at radius 3 is 2.28 bits per heavy atom. The molecule has 10 atom stereocenters. The Hall–Kier alpha value is -0.770. The molecule has 2 N–H and O–H groups in total. The van der Waals surface area contributed by atoms with E-state index >= 15 is 0 Å². The van der Waals surface area contributed by atoms with Crippen LogP contribution in [0.1, 0.15) is 119 Å². The molecule has 0 heterocycles. The van der Waals surface area contributed by atoms with Gasteiger partial charge in [0.1, 0.15) is 0 Å². The van der Waals surface area contributed by atoms with E-state index in [1.165, 1.54) is 62.7 Å². The number of aliphatic hydroxyl groups excluding tert-OH is 1. The summed E-state index contributed by atoms with van der Waals surface area (Å²) in [4.78, 5) is 13.4. The lowest BCUT2D eigenvalue weighted by Crippen LogP contribution is -2.56. The molecule has 1 unspecified atom stereocenters. The number of rotatable bonds is 9. The van der Waals surface area contributed by atoms with E-state index in [0.29, 0.717) is 16.7 Å². The highest BCUT2D eigenvalue weighted by Crippen LogP contribution is 2.68. The number of carboxylic acid groups (broad SMARTS) is 1. The fourth-order valence-electron chi connectivity index (χ4n) is 10.7. The second-order valence-corrected chi connectivity index (χ2v) is 14.5. The maximum atomic E-state index is 11.9. The van der Waals surface area contributed by atoms with Crippen molar-refractivity contribution in [3.05, 3.63) is 0 Å². The SMILES string of the molecule is CC[C@H](CC[C@@H](C)[C@H]1CC[C@H]2[C@@H]3CCC4C[C@@H](N(CCO)C(=O)O)CC[C@]4(C)[C@H]3CC[C@]12C)C(C)C. The van der Waals surface area contributed by atoms with Gasteiger partial charge in [-0.15, -0.1) is 0 Å². The summed E-state index contributed by atoms with van der Waals surface area (Å²) < 4.78 is 0. The van der Waals surface area contributed by atoms with Gasteiger partial charge in [0.05, 0.1) is 6.61 Å². The van der Waals surface area contributed by atoms with Crippen LogP contribution in [0.25, 0.3) is 0 Å². The van der Waals surface area contributed by atoms with Gasteiger partial charge in [0.15, 0.2) is 0 Å². The minimum atomic E-state index is -0.857. The molecule has 1 amide bonds. The Labute approximate surface area is 222 Å². The van der Waals surface area contributed by atoms with E-state index in [0.717, 1.165) is 60.7 Å². The molecule has 36 heavy (non-hydrogen) atoms. The van der Waals surface area contributed by atoms with Crippen LogP contribution in [0.3, 0.4) is 0 Å². The summed E-state index contributed by atoms with van der Waals surface area (Å²) in [5, 5.41) is 19.1. The Kier molecular flexibility index (Phi) is 8.75. The zero-order valence-corrected chi connectivity index (χ0v) is 24.3. The van der Waals surface area contributed by atoms with Gasteiger partial charge in [0.2, 0.25) is 0 Å². The molecule has 4 heteroatoms. The number of nitrogens with zero attached hydrogens (tertiary/aromatic N) is 1. The van der Waals surface area contributed by atoms with Crippen LogP contribution < -0.4 is 0 Å². The highest BCUT2D eigenvalue weighted by atomic mass is 16.4. The predicted molar refractivity (Wildman–Crippen MR) is 148 cm³/mol. The van der Waals surface area contributed by atoms with Crippen LogP contribution in [-0.2, 0) is 0 Å². The Bertz CT molecular complexity index is 754. The molecule has 0 aromatic heterocycles. The van der Waals surface area contributed by atoms with Crippen molar-refractivity contribution in [3.8, 4) is 0 Å². The molecule has 0 saturated heterocycles. The van der Waals surface area contributed by atoms with E-state index in [1.54, 1.807) is 0 Å². The standard InChI is InChI=1S/C32H57NO3/c1-7-23(21(2)3)9-8-22(4)27-12-13-28-26-11-10-24-20-25(33(18-19-34)30(35)36)14-16-31(24,5)29(26)15-17-32(27,28)6/h21-29,34H,7-20H2,1-6H3,(H,35,36)/t22-,23-,24?,25+,26+,27-,28+,29+,31+,32-/m1/s1.